The van der Waals surface area contributed by atoms with E-state index in [1.165, 1.54) is 22.4 Å². The van der Waals surface area contributed by atoms with Crippen molar-refractivity contribution in [1.82, 2.24) is 9.55 Å². The fourth-order valence-electron chi connectivity index (χ4n) is 2.95. The van der Waals surface area contributed by atoms with E-state index in [0.29, 0.717) is 6.04 Å². The van der Waals surface area contributed by atoms with Crippen LogP contribution in [0, 0.1) is 13.8 Å². The van der Waals surface area contributed by atoms with Crippen molar-refractivity contribution in [2.45, 2.75) is 39.7 Å². The van der Waals surface area contributed by atoms with Gasteiger partial charge in [0.25, 0.3) is 0 Å². The second-order valence-electron chi connectivity index (χ2n) is 5.41. The van der Waals surface area contributed by atoms with E-state index in [1.54, 1.807) is 0 Å². The smallest absolute Gasteiger partial charge is 0.203 e. The molecule has 0 aliphatic carbocycles. The first kappa shape index (κ1) is 12.3. The number of rotatable bonds is 2. The third-order valence-electron chi connectivity index (χ3n) is 3.97. The molecule has 1 atom stereocenters. The Kier molecular flexibility index (Phi) is 3.05. The first-order valence-electron chi connectivity index (χ1n) is 7.08. The van der Waals surface area contributed by atoms with Gasteiger partial charge in [-0.15, -0.1) is 0 Å². The highest BCUT2D eigenvalue weighted by atomic mass is 15.2. The minimum atomic E-state index is 0.421. The molecular formula is C16H21N3. The lowest BCUT2D eigenvalue weighted by atomic mass is 9.96. The minimum absolute atomic E-state index is 0.421. The predicted molar refractivity (Wildman–Crippen MR) is 78.8 cm³/mol. The van der Waals surface area contributed by atoms with Crippen LogP contribution in [0.3, 0.4) is 0 Å². The van der Waals surface area contributed by atoms with Crippen molar-refractivity contribution in [2.75, 3.05) is 11.9 Å². The summed E-state index contributed by atoms with van der Waals surface area (Å²) in [4.78, 5) is 4.64. The second kappa shape index (κ2) is 4.72. The first-order valence-corrected chi connectivity index (χ1v) is 7.08. The van der Waals surface area contributed by atoms with Crippen LogP contribution >= 0.6 is 0 Å². The minimum Gasteiger partial charge on any atom is -0.356 e. The van der Waals surface area contributed by atoms with Gasteiger partial charge in [-0.25, -0.2) is 4.98 Å². The molecule has 3 nitrogen and oxygen atoms in total. The van der Waals surface area contributed by atoms with Crippen molar-refractivity contribution in [3.63, 3.8) is 0 Å². The van der Waals surface area contributed by atoms with Crippen molar-refractivity contribution >= 4 is 5.95 Å². The molecule has 3 heteroatoms. The van der Waals surface area contributed by atoms with E-state index in [-0.39, 0.29) is 0 Å². The van der Waals surface area contributed by atoms with Crippen LogP contribution in [0.25, 0.3) is 0 Å². The number of anilines is 1. The van der Waals surface area contributed by atoms with Crippen LogP contribution in [0.15, 0.2) is 24.4 Å². The predicted octanol–water partition coefficient (Wildman–Crippen LogP) is 3.47. The fraction of sp³-hybridized carbons (Fsp3) is 0.438. The Bertz CT molecular complexity index is 598. The van der Waals surface area contributed by atoms with Gasteiger partial charge in [0.2, 0.25) is 5.95 Å². The highest BCUT2D eigenvalue weighted by Gasteiger charge is 2.23. The SMILES string of the molecule is CCc1cn2c(n1)NCCC2c1ccc(C)cc1C. The summed E-state index contributed by atoms with van der Waals surface area (Å²) in [5.41, 5.74) is 5.30. The van der Waals surface area contributed by atoms with Crippen LogP contribution < -0.4 is 5.32 Å². The Morgan fingerprint density at radius 3 is 2.95 bits per heavy atom. The quantitative estimate of drug-likeness (QED) is 0.890. The molecule has 0 fully saturated rings. The molecule has 0 spiro atoms. The first-order chi connectivity index (χ1) is 9.19. The summed E-state index contributed by atoms with van der Waals surface area (Å²) in [6.45, 7) is 7.51. The Morgan fingerprint density at radius 2 is 2.21 bits per heavy atom. The molecule has 0 saturated heterocycles. The van der Waals surface area contributed by atoms with Gasteiger partial charge in [0.15, 0.2) is 0 Å². The molecule has 0 saturated carbocycles. The molecule has 1 unspecified atom stereocenters. The van der Waals surface area contributed by atoms with E-state index in [1.807, 2.05) is 0 Å². The number of imidazole rings is 1. The van der Waals surface area contributed by atoms with Gasteiger partial charge in [0.05, 0.1) is 11.7 Å². The normalized spacial score (nSPS) is 17.9. The summed E-state index contributed by atoms with van der Waals surface area (Å²) in [6, 6.07) is 7.18. The maximum absolute atomic E-state index is 4.64. The van der Waals surface area contributed by atoms with Crippen LogP contribution in [0.2, 0.25) is 0 Å². The molecule has 2 heterocycles. The lowest BCUT2D eigenvalue weighted by Gasteiger charge is -2.27. The maximum Gasteiger partial charge on any atom is 0.203 e. The summed E-state index contributed by atoms with van der Waals surface area (Å²) in [6.07, 6.45) is 4.31. The number of hydrogen-bond donors (Lipinski definition) is 1. The Balaban J connectivity index is 2.05. The highest BCUT2D eigenvalue weighted by molar-refractivity contribution is 5.39. The topological polar surface area (TPSA) is 29.9 Å². The van der Waals surface area contributed by atoms with Crippen molar-refractivity contribution < 1.29 is 0 Å². The van der Waals surface area contributed by atoms with E-state index in [2.05, 4.69) is 60.0 Å². The average molecular weight is 255 g/mol. The molecule has 1 aliphatic heterocycles. The zero-order valence-electron chi connectivity index (χ0n) is 11.9. The lowest BCUT2D eigenvalue weighted by molar-refractivity contribution is 0.528. The zero-order chi connectivity index (χ0) is 13.4. The standard InChI is InChI=1S/C16H21N3/c1-4-13-10-19-15(7-8-17-16(19)18-13)14-6-5-11(2)9-12(14)3/h5-6,9-10,15H,4,7-8H2,1-3H3,(H,17,18). The monoisotopic (exact) mass is 255 g/mol. The average Bonchev–Trinajstić information content (AvgIpc) is 2.82. The van der Waals surface area contributed by atoms with Crippen LogP contribution in [0.1, 0.15) is 41.8 Å². The molecule has 100 valence electrons. The highest BCUT2D eigenvalue weighted by Crippen LogP contribution is 2.32. The molecule has 19 heavy (non-hydrogen) atoms. The van der Waals surface area contributed by atoms with Crippen LogP contribution in [0.5, 0.6) is 0 Å². The Hall–Kier alpha value is -1.77. The van der Waals surface area contributed by atoms with Gasteiger partial charge in [-0.1, -0.05) is 30.7 Å². The van der Waals surface area contributed by atoms with Gasteiger partial charge >= 0.3 is 0 Å². The third-order valence-corrected chi connectivity index (χ3v) is 3.97. The number of fused-ring (bicyclic) bond motifs is 1. The molecule has 2 aromatic rings. The van der Waals surface area contributed by atoms with E-state index in [4.69, 9.17) is 0 Å². The van der Waals surface area contributed by atoms with Crippen molar-refractivity contribution in [3.8, 4) is 0 Å². The number of hydrogen-bond acceptors (Lipinski definition) is 2. The molecule has 0 amide bonds. The van der Waals surface area contributed by atoms with Gasteiger partial charge in [-0.2, -0.15) is 0 Å². The molecular weight excluding hydrogens is 234 g/mol. The van der Waals surface area contributed by atoms with Crippen molar-refractivity contribution in [2.24, 2.45) is 0 Å². The summed E-state index contributed by atoms with van der Waals surface area (Å²) in [5.74, 6) is 1.02. The molecule has 1 aliphatic rings. The van der Waals surface area contributed by atoms with Gasteiger partial charge in [0.1, 0.15) is 0 Å². The largest absolute Gasteiger partial charge is 0.356 e. The molecule has 1 N–H and O–H groups in total. The van der Waals surface area contributed by atoms with E-state index >= 15 is 0 Å². The van der Waals surface area contributed by atoms with Crippen LogP contribution in [-0.2, 0) is 6.42 Å². The Labute approximate surface area is 114 Å². The molecule has 1 aromatic heterocycles. The zero-order valence-corrected chi connectivity index (χ0v) is 11.9. The summed E-state index contributed by atoms with van der Waals surface area (Å²) in [5, 5.41) is 3.40. The van der Waals surface area contributed by atoms with Gasteiger partial charge in [-0.3, -0.25) is 0 Å². The van der Waals surface area contributed by atoms with E-state index < -0.39 is 0 Å². The van der Waals surface area contributed by atoms with Crippen molar-refractivity contribution in [3.05, 3.63) is 46.8 Å². The number of nitrogens with zero attached hydrogens (tertiary/aromatic N) is 2. The summed E-state index contributed by atoms with van der Waals surface area (Å²) < 4.78 is 2.31. The van der Waals surface area contributed by atoms with Crippen LogP contribution in [-0.4, -0.2) is 16.1 Å². The number of nitrogens with one attached hydrogen (secondary N) is 1. The van der Waals surface area contributed by atoms with E-state index in [0.717, 1.165) is 25.3 Å². The Morgan fingerprint density at radius 1 is 1.37 bits per heavy atom. The molecule has 3 rings (SSSR count). The van der Waals surface area contributed by atoms with Gasteiger partial charge in [-0.05, 0) is 37.8 Å². The molecule has 0 radical (unpaired) electrons. The lowest BCUT2D eigenvalue weighted by Crippen LogP contribution is -2.23. The molecule has 1 aromatic carbocycles. The van der Waals surface area contributed by atoms with E-state index in [9.17, 15) is 0 Å². The van der Waals surface area contributed by atoms with Crippen molar-refractivity contribution in [1.29, 1.82) is 0 Å². The summed E-state index contributed by atoms with van der Waals surface area (Å²) >= 11 is 0. The summed E-state index contributed by atoms with van der Waals surface area (Å²) in [7, 11) is 0. The van der Waals surface area contributed by atoms with Crippen LogP contribution in [0.4, 0.5) is 5.95 Å². The number of aryl methyl sites for hydroxylation is 3. The third kappa shape index (κ3) is 2.14. The van der Waals surface area contributed by atoms with Gasteiger partial charge < -0.3 is 9.88 Å². The number of aromatic nitrogens is 2. The number of benzene rings is 1. The molecule has 0 bridgehead atoms. The fourth-order valence-corrected chi connectivity index (χ4v) is 2.95. The maximum atomic E-state index is 4.64. The van der Waals surface area contributed by atoms with Gasteiger partial charge in [0, 0.05) is 12.7 Å². The second-order valence-corrected chi connectivity index (χ2v) is 5.41.